The molecule has 4 aliphatic carbocycles. The van der Waals surface area contributed by atoms with Crippen molar-refractivity contribution in [2.45, 2.75) is 193 Å². The lowest BCUT2D eigenvalue weighted by molar-refractivity contribution is 0.103. The summed E-state index contributed by atoms with van der Waals surface area (Å²) in [6, 6.07) is 60.0. The van der Waals surface area contributed by atoms with Crippen molar-refractivity contribution in [2.24, 2.45) is 0 Å². The van der Waals surface area contributed by atoms with Gasteiger partial charge < -0.3 is 0 Å². The van der Waals surface area contributed by atoms with E-state index in [0.717, 1.165) is 178 Å². The van der Waals surface area contributed by atoms with Crippen LogP contribution in [0.4, 0.5) is 8.78 Å². The Morgan fingerprint density at radius 3 is 1.01 bits per heavy atom. The fourth-order valence-corrected chi connectivity index (χ4v) is 23.7. The molecular weight excluding hydrogens is 1500 g/mol. The highest BCUT2D eigenvalue weighted by atomic mass is 35.5. The van der Waals surface area contributed by atoms with Gasteiger partial charge in [0, 0.05) is 73.5 Å². The number of thiophene rings is 4. The van der Waals surface area contributed by atoms with Gasteiger partial charge in [0.05, 0.1) is 30.3 Å². The van der Waals surface area contributed by atoms with Crippen LogP contribution in [0.5, 0.6) is 0 Å². The number of benzene rings is 7. The van der Waals surface area contributed by atoms with Gasteiger partial charge in [-0.15, -0.1) is 45.3 Å². The first-order valence-corrected chi connectivity index (χ1v) is 44.0. The molecule has 0 atom stereocenters. The van der Waals surface area contributed by atoms with Crippen molar-refractivity contribution in [3.63, 3.8) is 0 Å². The lowest BCUT2D eigenvalue weighted by Gasteiger charge is -2.36. The van der Waals surface area contributed by atoms with E-state index < -0.39 is 28.2 Å². The van der Waals surface area contributed by atoms with E-state index in [1.807, 2.05) is 18.2 Å². The Kier molecular flexibility index (Phi) is 23.4. The summed E-state index contributed by atoms with van der Waals surface area (Å²) in [6.07, 6.45) is 30.8. The van der Waals surface area contributed by atoms with Crippen molar-refractivity contribution >= 4 is 122 Å². The van der Waals surface area contributed by atoms with E-state index in [4.69, 9.17) is 23.2 Å². The van der Waals surface area contributed by atoms with Crippen LogP contribution in [0.25, 0.3) is 63.0 Å². The van der Waals surface area contributed by atoms with E-state index in [1.54, 1.807) is 57.5 Å². The number of rotatable bonds is 30. The quantitative estimate of drug-likeness (QED) is 0.0250. The van der Waals surface area contributed by atoms with Crippen LogP contribution in [-0.2, 0) is 36.5 Å². The van der Waals surface area contributed by atoms with Gasteiger partial charge in [-0.3, -0.25) is 9.59 Å². The van der Waals surface area contributed by atoms with Crippen LogP contribution in [-0.4, -0.2) is 11.6 Å². The summed E-state index contributed by atoms with van der Waals surface area (Å²) in [4.78, 5) is 33.3. The number of carbonyl (C=O) groups is 2. The van der Waals surface area contributed by atoms with Crippen molar-refractivity contribution in [3.8, 4) is 45.2 Å². The van der Waals surface area contributed by atoms with Crippen LogP contribution in [0.3, 0.4) is 0 Å². The van der Waals surface area contributed by atoms with Crippen LogP contribution in [0.1, 0.15) is 264 Å². The highest BCUT2D eigenvalue weighted by Crippen LogP contribution is 2.68. The standard InChI is InChI=1S/C98H86Cl2F2N4O2S4/c1-5-9-13-17-19-23-27-61-33-41-67(42-34-61)98(68-43-35-62(36-44-68)28-24-20-18-14-10-6-2)80-50-75-79(49-76(80)94-90(98)96-86(112-94)48-70(110-96)46-78-88(64(57-105)58-106)72-53-83(101)84(102)54-74(72)92(78)108)97(65-37-29-59(30-38-65)25-21-15-11-7-3,66-39-31-60(32-40-66)26-22-16-12-8-4)89-93(75)111-85-47-69(109-95(85)89)45-77-87(63(55-103)56-104)71-51-81(99)82(100)52-73(71)91(77)107/h29-54H,5-28H2,1-4H3/b77-45-,78-46-. The second kappa shape index (κ2) is 33.7. The number of halogens is 4. The SMILES string of the molecule is CCCCCCCCc1ccc(C2(c3ccc(CCCCCCCC)cc3)c3cc4c(cc3-c3sc5cc(/C=C6\C(=O)c7cc(F)c(F)cc7C6=C(C#N)C#N)sc5c32)C(c2ccc(CCCCCC)cc2)(c2ccc(CCCCCC)cc2)c2c-4sc3cc(/C=C4\C(=O)c5cc(Cl)c(Cl)cc5C4=C(C#N)C#N)sc23)cc1. The zero-order valence-electron chi connectivity index (χ0n) is 63.7. The molecule has 0 radical (unpaired) electrons. The minimum Gasteiger partial charge on any atom is -0.289 e. The molecule has 0 fully saturated rings. The number of hydrogen-bond acceptors (Lipinski definition) is 10. The molecule has 4 heterocycles. The topological polar surface area (TPSA) is 129 Å². The average Bonchev–Trinajstić information content (AvgIpc) is 1.49. The van der Waals surface area contributed by atoms with Gasteiger partial charge in [0.2, 0.25) is 0 Å². The Hall–Kier alpha value is -9.44. The first-order valence-electron chi connectivity index (χ1n) is 40.0. The summed E-state index contributed by atoms with van der Waals surface area (Å²) in [5.74, 6) is -3.32. The maximum atomic E-state index is 15.3. The van der Waals surface area contributed by atoms with Gasteiger partial charge in [-0.25, -0.2) is 8.78 Å². The Morgan fingerprint density at radius 1 is 0.375 bits per heavy atom. The van der Waals surface area contributed by atoms with E-state index in [2.05, 4.69) is 161 Å². The third-order valence-electron chi connectivity index (χ3n) is 23.5. The first-order chi connectivity index (χ1) is 54.7. The zero-order chi connectivity index (χ0) is 78.0. The molecule has 7 aromatic carbocycles. The van der Waals surface area contributed by atoms with Gasteiger partial charge in [0.15, 0.2) is 23.2 Å². The maximum absolute atomic E-state index is 15.3. The number of ketones is 2. The molecule has 0 saturated heterocycles. The van der Waals surface area contributed by atoms with Gasteiger partial charge >= 0.3 is 0 Å². The Bertz CT molecular complexity index is 5670. The van der Waals surface area contributed by atoms with Crippen LogP contribution in [0.2, 0.25) is 10.0 Å². The van der Waals surface area contributed by atoms with Crippen LogP contribution in [0.15, 0.2) is 168 Å². The van der Waals surface area contributed by atoms with Crippen molar-refractivity contribution in [3.05, 3.63) is 288 Å². The fourth-order valence-electron chi connectivity index (χ4n) is 17.9. The average molecular weight is 1590 g/mol. The van der Waals surface area contributed by atoms with E-state index in [-0.39, 0.29) is 66.0 Å². The number of nitriles is 4. The number of fused-ring (bicyclic) bond motifs is 12. The molecule has 0 aliphatic heterocycles. The molecule has 11 aromatic rings. The molecule has 0 amide bonds. The second-order valence-electron chi connectivity index (χ2n) is 30.5. The molecule has 14 heteroatoms. The Balaban J connectivity index is 1.00. The van der Waals surface area contributed by atoms with Gasteiger partial charge in [-0.1, -0.05) is 251 Å². The molecule has 0 spiro atoms. The Morgan fingerprint density at radius 2 is 0.670 bits per heavy atom. The minimum absolute atomic E-state index is 0.0106. The molecule has 4 aliphatic rings. The highest BCUT2D eigenvalue weighted by Gasteiger charge is 2.55. The maximum Gasteiger partial charge on any atom is 0.194 e. The summed E-state index contributed by atoms with van der Waals surface area (Å²) in [6.45, 7) is 9.00. The monoisotopic (exact) mass is 1590 g/mol. The number of Topliss-reactive ketones (excluding diaryl/α,β-unsaturated/α-hetero) is 2. The number of hydrogen-bond donors (Lipinski definition) is 0. The summed E-state index contributed by atoms with van der Waals surface area (Å²) < 4.78 is 34.5. The summed E-state index contributed by atoms with van der Waals surface area (Å²) in [7, 11) is 0. The number of unbranched alkanes of at least 4 members (excludes halogenated alkanes) is 16. The highest BCUT2D eigenvalue weighted by molar-refractivity contribution is 7.31. The molecule has 0 N–H and O–H groups in total. The van der Waals surface area contributed by atoms with Gasteiger partial charge in [-0.2, -0.15) is 21.0 Å². The summed E-state index contributed by atoms with van der Waals surface area (Å²) in [5, 5.41) is 42.3. The van der Waals surface area contributed by atoms with Gasteiger partial charge in [0.1, 0.15) is 35.4 Å². The third-order valence-corrected chi connectivity index (χ3v) is 29.0. The number of aryl methyl sites for hydroxylation is 4. The zero-order valence-corrected chi connectivity index (χ0v) is 68.5. The molecule has 0 saturated carbocycles. The first kappa shape index (κ1) is 77.9. The third kappa shape index (κ3) is 14.0. The largest absolute Gasteiger partial charge is 0.289 e. The predicted molar refractivity (Wildman–Crippen MR) is 461 cm³/mol. The molecule has 562 valence electrons. The van der Waals surface area contributed by atoms with Crippen molar-refractivity contribution < 1.29 is 18.4 Å². The molecular formula is C98H86Cl2F2N4O2S4. The number of nitrogens with zero attached hydrogens (tertiary/aromatic N) is 4. The van der Waals surface area contributed by atoms with Crippen LogP contribution >= 0.6 is 68.5 Å². The predicted octanol–water partition coefficient (Wildman–Crippen LogP) is 28.8. The molecule has 6 nitrogen and oxygen atoms in total. The van der Waals surface area contributed by atoms with Gasteiger partial charge in [0.25, 0.3) is 0 Å². The van der Waals surface area contributed by atoms with Crippen molar-refractivity contribution in [2.75, 3.05) is 0 Å². The van der Waals surface area contributed by atoms with Gasteiger partial charge in [-0.05, 0) is 190 Å². The van der Waals surface area contributed by atoms with Crippen LogP contribution < -0.4 is 0 Å². The second-order valence-corrected chi connectivity index (χ2v) is 35.6. The van der Waals surface area contributed by atoms with Crippen molar-refractivity contribution in [1.29, 1.82) is 21.0 Å². The number of allylic oxidation sites excluding steroid dienone is 6. The Labute approximate surface area is 682 Å². The summed E-state index contributed by atoms with van der Waals surface area (Å²) in [5.41, 5.74) is 15.0. The molecule has 112 heavy (non-hydrogen) atoms. The van der Waals surface area contributed by atoms with E-state index >= 15 is 8.78 Å². The van der Waals surface area contributed by atoms with E-state index in [1.165, 1.54) is 105 Å². The minimum atomic E-state index is -1.19. The van der Waals surface area contributed by atoms with E-state index in [0.29, 0.717) is 10.4 Å². The molecule has 15 rings (SSSR count). The fraction of sp³-hybridized carbons (Fsp3) is 0.306. The normalized spacial score (nSPS) is 14.7. The molecule has 0 unspecified atom stereocenters. The molecule has 0 bridgehead atoms. The molecule has 4 aromatic heterocycles. The smallest absolute Gasteiger partial charge is 0.194 e. The lowest BCUT2D eigenvalue weighted by Crippen LogP contribution is -2.30. The number of carbonyl (C=O) groups excluding carboxylic acids is 2. The van der Waals surface area contributed by atoms with E-state index in [9.17, 15) is 30.6 Å². The summed E-state index contributed by atoms with van der Waals surface area (Å²) >= 11 is 19.9. The van der Waals surface area contributed by atoms with Crippen LogP contribution in [0, 0.1) is 57.0 Å². The lowest BCUT2D eigenvalue weighted by atomic mass is 9.65. The van der Waals surface area contributed by atoms with Crippen molar-refractivity contribution in [1.82, 2.24) is 0 Å².